The van der Waals surface area contributed by atoms with Crippen LogP contribution in [0, 0.1) is 5.41 Å². The van der Waals surface area contributed by atoms with E-state index in [4.69, 9.17) is 0 Å². The summed E-state index contributed by atoms with van der Waals surface area (Å²) in [7, 11) is 0. The lowest BCUT2D eigenvalue weighted by molar-refractivity contribution is -0.137. The average molecular weight is 393 g/mol. The second-order valence-electron chi connectivity index (χ2n) is 8.93. The number of hydrogen-bond acceptors (Lipinski definition) is 4. The van der Waals surface area contributed by atoms with E-state index in [1.54, 1.807) is 10.9 Å². The van der Waals surface area contributed by atoms with Gasteiger partial charge in [0.2, 0.25) is 5.91 Å². The van der Waals surface area contributed by atoms with E-state index in [2.05, 4.69) is 29.4 Å². The van der Waals surface area contributed by atoms with Crippen molar-refractivity contribution in [2.75, 3.05) is 13.1 Å². The predicted molar refractivity (Wildman–Crippen MR) is 107 cm³/mol. The molecular weight excluding hydrogens is 366 g/mol. The van der Waals surface area contributed by atoms with Gasteiger partial charge >= 0.3 is 0 Å². The van der Waals surface area contributed by atoms with Crippen LogP contribution in [-0.4, -0.2) is 55.7 Å². The Hall–Kier alpha value is -2.70. The maximum atomic E-state index is 12.9. The van der Waals surface area contributed by atoms with Crippen LogP contribution in [0.5, 0.6) is 0 Å². The number of rotatable bonds is 4. The highest BCUT2D eigenvalue weighted by Crippen LogP contribution is 2.47. The van der Waals surface area contributed by atoms with Gasteiger partial charge in [-0.05, 0) is 43.2 Å². The zero-order chi connectivity index (χ0) is 20.0. The highest BCUT2D eigenvalue weighted by Gasteiger charge is 2.49. The third kappa shape index (κ3) is 3.43. The molecule has 152 valence electrons. The zero-order valence-electron chi connectivity index (χ0n) is 16.9. The van der Waals surface area contributed by atoms with Crippen molar-refractivity contribution in [3.8, 4) is 0 Å². The topological polar surface area (TPSA) is 71.3 Å². The van der Waals surface area contributed by atoms with Crippen LogP contribution in [0.1, 0.15) is 54.2 Å². The maximum Gasteiger partial charge on any atom is 0.276 e. The molecule has 7 heteroatoms. The minimum absolute atomic E-state index is 0.0735. The predicted octanol–water partition coefficient (Wildman–Crippen LogP) is 2.27. The van der Waals surface area contributed by atoms with E-state index in [0.29, 0.717) is 25.3 Å². The molecule has 2 aliphatic heterocycles. The third-order valence-electron chi connectivity index (χ3n) is 6.73. The summed E-state index contributed by atoms with van der Waals surface area (Å²) in [4.78, 5) is 29.6. The standard InChI is InChI=1S/C22H27N5O2/c1-22(9-10-22)21(29)27-11-4-7-18(27)14-26-15-19(23-24-26)20(28)25-12-8-16-5-2-3-6-17(16)13-25/h2-3,5-6,15,18H,4,7-14H2,1H3/t18-/m0/s1. The molecule has 0 spiro atoms. The van der Waals surface area contributed by atoms with Gasteiger partial charge in [0.25, 0.3) is 5.91 Å². The molecule has 0 unspecified atom stereocenters. The number of benzene rings is 1. The van der Waals surface area contributed by atoms with Gasteiger partial charge in [-0.25, -0.2) is 4.68 Å². The van der Waals surface area contributed by atoms with Crippen molar-refractivity contribution >= 4 is 11.8 Å². The molecule has 2 amide bonds. The third-order valence-corrected chi connectivity index (χ3v) is 6.73. The van der Waals surface area contributed by atoms with Crippen LogP contribution in [0.3, 0.4) is 0 Å². The van der Waals surface area contributed by atoms with Crippen LogP contribution >= 0.6 is 0 Å². The van der Waals surface area contributed by atoms with E-state index in [1.807, 2.05) is 21.9 Å². The first-order chi connectivity index (χ1) is 14.0. The lowest BCUT2D eigenvalue weighted by Gasteiger charge is -2.28. The van der Waals surface area contributed by atoms with E-state index >= 15 is 0 Å². The monoisotopic (exact) mass is 393 g/mol. The van der Waals surface area contributed by atoms with E-state index < -0.39 is 0 Å². The van der Waals surface area contributed by atoms with Crippen molar-refractivity contribution in [1.29, 1.82) is 0 Å². The highest BCUT2D eigenvalue weighted by atomic mass is 16.2. The summed E-state index contributed by atoms with van der Waals surface area (Å²) in [5.74, 6) is 0.207. The molecule has 7 nitrogen and oxygen atoms in total. The summed E-state index contributed by atoms with van der Waals surface area (Å²) in [6.07, 6.45) is 6.61. The molecule has 1 saturated heterocycles. The molecule has 1 aliphatic carbocycles. The van der Waals surface area contributed by atoms with Crippen LogP contribution < -0.4 is 0 Å². The molecule has 0 N–H and O–H groups in total. The number of nitrogens with zero attached hydrogens (tertiary/aromatic N) is 5. The Morgan fingerprint density at radius 2 is 1.97 bits per heavy atom. The largest absolute Gasteiger partial charge is 0.337 e. The van der Waals surface area contributed by atoms with Gasteiger partial charge in [0, 0.05) is 25.0 Å². The van der Waals surface area contributed by atoms with E-state index in [0.717, 1.165) is 38.6 Å². The molecule has 1 saturated carbocycles. The Bertz CT molecular complexity index is 948. The molecule has 2 fully saturated rings. The van der Waals surface area contributed by atoms with Gasteiger partial charge in [-0.15, -0.1) is 5.10 Å². The number of likely N-dealkylation sites (tertiary alicyclic amines) is 1. The van der Waals surface area contributed by atoms with Gasteiger partial charge in [-0.1, -0.05) is 36.4 Å². The Balaban J connectivity index is 1.25. The van der Waals surface area contributed by atoms with Crippen molar-refractivity contribution in [2.24, 2.45) is 5.41 Å². The fourth-order valence-corrected chi connectivity index (χ4v) is 4.57. The van der Waals surface area contributed by atoms with Crippen LogP contribution in [0.25, 0.3) is 0 Å². The highest BCUT2D eigenvalue weighted by molar-refractivity contribution is 5.92. The summed E-state index contributed by atoms with van der Waals surface area (Å²) in [6, 6.07) is 8.41. The Morgan fingerprint density at radius 3 is 2.76 bits per heavy atom. The molecular formula is C22H27N5O2. The smallest absolute Gasteiger partial charge is 0.276 e. The molecule has 3 heterocycles. The zero-order valence-corrected chi connectivity index (χ0v) is 16.9. The SMILES string of the molecule is CC1(C(=O)N2CCC[C@H]2Cn2cc(C(=O)N3CCc4ccccc4C3)nn2)CC1. The first-order valence-electron chi connectivity index (χ1n) is 10.6. The lowest BCUT2D eigenvalue weighted by atomic mass is 10.00. The van der Waals surface area contributed by atoms with Crippen LogP contribution in [-0.2, 0) is 24.3 Å². The second-order valence-corrected chi connectivity index (χ2v) is 8.93. The van der Waals surface area contributed by atoms with E-state index in [-0.39, 0.29) is 23.3 Å². The fourth-order valence-electron chi connectivity index (χ4n) is 4.57. The first-order valence-corrected chi connectivity index (χ1v) is 10.6. The van der Waals surface area contributed by atoms with Crippen molar-refractivity contribution in [3.63, 3.8) is 0 Å². The quantitative estimate of drug-likeness (QED) is 0.799. The maximum absolute atomic E-state index is 12.9. The van der Waals surface area contributed by atoms with Crippen LogP contribution in [0.15, 0.2) is 30.5 Å². The molecule has 29 heavy (non-hydrogen) atoms. The molecule has 0 bridgehead atoms. The van der Waals surface area contributed by atoms with Gasteiger partial charge < -0.3 is 9.80 Å². The molecule has 2 aromatic rings. The van der Waals surface area contributed by atoms with Gasteiger partial charge in [-0.3, -0.25) is 9.59 Å². The minimum Gasteiger partial charge on any atom is -0.337 e. The fraction of sp³-hybridized carbons (Fsp3) is 0.545. The number of carbonyl (C=O) groups is 2. The molecule has 1 aromatic heterocycles. The number of amides is 2. The summed E-state index contributed by atoms with van der Waals surface area (Å²) < 4.78 is 1.73. The van der Waals surface area contributed by atoms with E-state index in [9.17, 15) is 9.59 Å². The van der Waals surface area contributed by atoms with Gasteiger partial charge in [-0.2, -0.15) is 0 Å². The van der Waals surface area contributed by atoms with Crippen molar-refractivity contribution < 1.29 is 9.59 Å². The summed E-state index contributed by atoms with van der Waals surface area (Å²) in [6.45, 7) is 4.81. The Labute approximate surface area is 170 Å². The van der Waals surface area contributed by atoms with Crippen molar-refractivity contribution in [3.05, 3.63) is 47.3 Å². The summed E-state index contributed by atoms with van der Waals surface area (Å²) in [5.41, 5.74) is 2.76. The number of carbonyl (C=O) groups excluding carboxylic acids is 2. The molecule has 5 rings (SSSR count). The van der Waals surface area contributed by atoms with Crippen LogP contribution in [0.4, 0.5) is 0 Å². The Kier molecular flexibility index (Phi) is 4.41. The number of fused-ring (bicyclic) bond motifs is 1. The summed E-state index contributed by atoms with van der Waals surface area (Å²) in [5, 5.41) is 8.33. The number of aromatic nitrogens is 3. The molecule has 0 radical (unpaired) electrons. The minimum atomic E-state index is -0.142. The van der Waals surface area contributed by atoms with Gasteiger partial charge in [0.05, 0.1) is 18.8 Å². The van der Waals surface area contributed by atoms with Crippen molar-refractivity contribution in [2.45, 2.75) is 58.2 Å². The van der Waals surface area contributed by atoms with Crippen LogP contribution in [0.2, 0.25) is 0 Å². The van der Waals surface area contributed by atoms with Gasteiger partial charge in [0.15, 0.2) is 5.69 Å². The van der Waals surface area contributed by atoms with Gasteiger partial charge in [0.1, 0.15) is 0 Å². The lowest BCUT2D eigenvalue weighted by Crippen LogP contribution is -2.41. The van der Waals surface area contributed by atoms with E-state index in [1.165, 1.54) is 11.1 Å². The Morgan fingerprint density at radius 1 is 1.17 bits per heavy atom. The number of hydrogen-bond donors (Lipinski definition) is 0. The molecule has 3 aliphatic rings. The molecule has 1 aromatic carbocycles. The summed E-state index contributed by atoms with van der Waals surface area (Å²) >= 11 is 0. The second kappa shape index (κ2) is 6.97. The normalized spacial score (nSPS) is 22.4. The first kappa shape index (κ1) is 18.3. The van der Waals surface area contributed by atoms with Crippen molar-refractivity contribution in [1.82, 2.24) is 24.8 Å². The average Bonchev–Trinajstić information content (AvgIpc) is 3.14. The molecule has 1 atom stereocenters.